The summed E-state index contributed by atoms with van der Waals surface area (Å²) in [5, 5.41) is 0. The van der Waals surface area contributed by atoms with E-state index in [-0.39, 0.29) is 29.7 Å². The van der Waals surface area contributed by atoms with Crippen molar-refractivity contribution in [2.45, 2.75) is 45.8 Å². The molecule has 0 aliphatic rings. The minimum Gasteiger partial charge on any atom is -0.463 e. The minimum atomic E-state index is -0.254. The van der Waals surface area contributed by atoms with Gasteiger partial charge in [0.1, 0.15) is 0 Å². The SMILES string of the molecule is COC(C)(C)CCOc1nc(N)nc(OC(C)C)n1. The molecule has 0 unspecified atom stereocenters. The third kappa shape index (κ3) is 5.69. The zero-order chi connectivity index (χ0) is 14.5. The Kier molecular flexibility index (Phi) is 5.29. The van der Waals surface area contributed by atoms with E-state index in [2.05, 4.69) is 15.0 Å². The summed E-state index contributed by atoms with van der Waals surface area (Å²) in [6.07, 6.45) is 0.664. The molecule has 0 saturated heterocycles. The quantitative estimate of drug-likeness (QED) is 0.801. The van der Waals surface area contributed by atoms with Gasteiger partial charge in [0.15, 0.2) is 0 Å². The van der Waals surface area contributed by atoms with E-state index in [0.717, 1.165) is 0 Å². The number of hydrogen-bond donors (Lipinski definition) is 1. The Labute approximate surface area is 113 Å². The molecule has 0 saturated carbocycles. The van der Waals surface area contributed by atoms with Crippen LogP contribution in [-0.4, -0.2) is 40.4 Å². The van der Waals surface area contributed by atoms with Crippen molar-refractivity contribution in [1.82, 2.24) is 15.0 Å². The standard InChI is InChI=1S/C12H22N4O3/c1-8(2)19-11-15-9(13)14-10(16-11)18-7-6-12(3,4)17-5/h8H,6-7H2,1-5H3,(H2,13,14,15,16). The number of ether oxygens (including phenoxy) is 3. The first kappa shape index (κ1) is 15.4. The van der Waals surface area contributed by atoms with E-state index in [9.17, 15) is 0 Å². The maximum atomic E-state index is 5.57. The van der Waals surface area contributed by atoms with Crippen LogP contribution in [-0.2, 0) is 4.74 Å². The second-order valence-electron chi connectivity index (χ2n) is 4.99. The molecule has 2 N–H and O–H groups in total. The van der Waals surface area contributed by atoms with E-state index in [4.69, 9.17) is 19.9 Å². The predicted octanol–water partition coefficient (Wildman–Crippen LogP) is 1.43. The highest BCUT2D eigenvalue weighted by Crippen LogP contribution is 2.15. The largest absolute Gasteiger partial charge is 0.463 e. The molecule has 0 fully saturated rings. The van der Waals surface area contributed by atoms with Gasteiger partial charge >= 0.3 is 12.0 Å². The molecule has 19 heavy (non-hydrogen) atoms. The molecule has 0 aliphatic heterocycles. The molecule has 0 spiro atoms. The fraction of sp³-hybridized carbons (Fsp3) is 0.750. The van der Waals surface area contributed by atoms with Gasteiger partial charge in [0.2, 0.25) is 5.95 Å². The van der Waals surface area contributed by atoms with Gasteiger partial charge in [-0.15, -0.1) is 4.98 Å². The molecule has 0 aliphatic carbocycles. The number of nitrogen functional groups attached to an aromatic ring is 1. The molecule has 1 heterocycles. The van der Waals surface area contributed by atoms with Crippen LogP contribution in [0, 0.1) is 0 Å². The second kappa shape index (κ2) is 6.51. The van der Waals surface area contributed by atoms with E-state index in [1.165, 1.54) is 0 Å². The third-order valence-corrected chi connectivity index (χ3v) is 2.44. The summed E-state index contributed by atoms with van der Waals surface area (Å²) in [5.41, 5.74) is 5.32. The van der Waals surface area contributed by atoms with Crippen molar-refractivity contribution in [2.24, 2.45) is 0 Å². The highest BCUT2D eigenvalue weighted by atomic mass is 16.5. The summed E-state index contributed by atoms with van der Waals surface area (Å²) in [4.78, 5) is 11.8. The first-order valence-electron chi connectivity index (χ1n) is 6.18. The van der Waals surface area contributed by atoms with Crippen LogP contribution in [0.5, 0.6) is 12.0 Å². The number of aromatic nitrogens is 3. The van der Waals surface area contributed by atoms with Crippen molar-refractivity contribution < 1.29 is 14.2 Å². The number of rotatable bonds is 7. The second-order valence-corrected chi connectivity index (χ2v) is 4.99. The van der Waals surface area contributed by atoms with Gasteiger partial charge in [0.05, 0.1) is 18.3 Å². The lowest BCUT2D eigenvalue weighted by Crippen LogP contribution is -2.25. The summed E-state index contributed by atoms with van der Waals surface area (Å²) in [7, 11) is 1.66. The third-order valence-electron chi connectivity index (χ3n) is 2.44. The first-order chi connectivity index (χ1) is 8.82. The first-order valence-corrected chi connectivity index (χ1v) is 6.18. The zero-order valence-electron chi connectivity index (χ0n) is 12.1. The number of nitrogens with zero attached hydrogens (tertiary/aromatic N) is 3. The predicted molar refractivity (Wildman–Crippen MR) is 71.2 cm³/mol. The number of methoxy groups -OCH3 is 1. The molecule has 108 valence electrons. The summed E-state index contributed by atoms with van der Waals surface area (Å²) in [6, 6.07) is 0.332. The Hall–Kier alpha value is -1.63. The minimum absolute atomic E-state index is 0.0397. The van der Waals surface area contributed by atoms with E-state index >= 15 is 0 Å². The Balaban J connectivity index is 2.61. The normalized spacial score (nSPS) is 11.7. The van der Waals surface area contributed by atoms with Crippen LogP contribution in [0.15, 0.2) is 0 Å². The van der Waals surface area contributed by atoms with Crippen molar-refractivity contribution in [3.8, 4) is 12.0 Å². The smallest absolute Gasteiger partial charge is 0.324 e. The van der Waals surface area contributed by atoms with E-state index in [1.54, 1.807) is 7.11 Å². The monoisotopic (exact) mass is 270 g/mol. The average Bonchev–Trinajstić information content (AvgIpc) is 2.27. The molecular weight excluding hydrogens is 248 g/mol. The van der Waals surface area contributed by atoms with Gasteiger partial charge in [-0.1, -0.05) is 0 Å². The van der Waals surface area contributed by atoms with E-state index in [0.29, 0.717) is 13.0 Å². The summed E-state index contributed by atoms with van der Waals surface area (Å²) < 4.78 is 16.1. The van der Waals surface area contributed by atoms with Gasteiger partial charge in [0.25, 0.3) is 0 Å². The fourth-order valence-corrected chi connectivity index (χ4v) is 1.17. The van der Waals surface area contributed by atoms with Crippen LogP contribution in [0.3, 0.4) is 0 Å². The Morgan fingerprint density at radius 1 is 1.16 bits per heavy atom. The Morgan fingerprint density at radius 2 is 1.79 bits per heavy atom. The summed E-state index contributed by atoms with van der Waals surface area (Å²) in [6.45, 7) is 8.13. The number of anilines is 1. The van der Waals surface area contributed by atoms with Crippen LogP contribution in [0.2, 0.25) is 0 Å². The molecule has 7 nitrogen and oxygen atoms in total. The lowest BCUT2D eigenvalue weighted by molar-refractivity contribution is 0.00460. The maximum Gasteiger partial charge on any atom is 0.324 e. The van der Waals surface area contributed by atoms with Crippen LogP contribution < -0.4 is 15.2 Å². The molecule has 0 bridgehead atoms. The van der Waals surface area contributed by atoms with Crippen molar-refractivity contribution in [1.29, 1.82) is 0 Å². The Morgan fingerprint density at radius 3 is 2.37 bits per heavy atom. The molecule has 0 amide bonds. The number of nitrogens with two attached hydrogens (primary N) is 1. The molecular formula is C12H22N4O3. The highest BCUT2D eigenvalue weighted by molar-refractivity contribution is 5.20. The van der Waals surface area contributed by atoms with Crippen molar-refractivity contribution in [3.05, 3.63) is 0 Å². The number of hydrogen-bond acceptors (Lipinski definition) is 7. The topological polar surface area (TPSA) is 92.4 Å². The fourth-order valence-electron chi connectivity index (χ4n) is 1.17. The zero-order valence-corrected chi connectivity index (χ0v) is 12.1. The highest BCUT2D eigenvalue weighted by Gasteiger charge is 2.17. The van der Waals surface area contributed by atoms with Crippen molar-refractivity contribution >= 4 is 5.95 Å². The summed E-state index contributed by atoms with van der Waals surface area (Å²) in [5.74, 6) is 0.0756. The van der Waals surface area contributed by atoms with Gasteiger partial charge in [-0.25, -0.2) is 0 Å². The molecule has 1 rings (SSSR count). The van der Waals surface area contributed by atoms with Gasteiger partial charge in [-0.05, 0) is 27.7 Å². The Bertz CT molecular complexity index is 410. The van der Waals surface area contributed by atoms with Gasteiger partial charge in [-0.2, -0.15) is 9.97 Å². The van der Waals surface area contributed by atoms with Gasteiger partial charge in [0, 0.05) is 13.5 Å². The van der Waals surface area contributed by atoms with Crippen LogP contribution in [0.1, 0.15) is 34.1 Å². The maximum absolute atomic E-state index is 5.57. The molecule has 0 radical (unpaired) electrons. The van der Waals surface area contributed by atoms with Gasteiger partial charge in [-0.3, -0.25) is 0 Å². The van der Waals surface area contributed by atoms with Crippen LogP contribution >= 0.6 is 0 Å². The lowest BCUT2D eigenvalue weighted by Gasteiger charge is -2.22. The molecule has 0 aromatic carbocycles. The van der Waals surface area contributed by atoms with Gasteiger partial charge < -0.3 is 19.9 Å². The van der Waals surface area contributed by atoms with E-state index < -0.39 is 0 Å². The van der Waals surface area contributed by atoms with Crippen LogP contribution in [0.4, 0.5) is 5.95 Å². The van der Waals surface area contributed by atoms with Crippen molar-refractivity contribution in [2.75, 3.05) is 19.5 Å². The molecule has 7 heteroatoms. The average molecular weight is 270 g/mol. The lowest BCUT2D eigenvalue weighted by atomic mass is 10.1. The van der Waals surface area contributed by atoms with E-state index in [1.807, 2.05) is 27.7 Å². The van der Waals surface area contributed by atoms with Crippen LogP contribution in [0.25, 0.3) is 0 Å². The summed E-state index contributed by atoms with van der Waals surface area (Å²) >= 11 is 0. The van der Waals surface area contributed by atoms with Crippen molar-refractivity contribution in [3.63, 3.8) is 0 Å². The molecule has 1 aromatic rings. The molecule has 1 aromatic heterocycles. The molecule has 0 atom stereocenters.